The third kappa shape index (κ3) is 3.97. The summed E-state index contributed by atoms with van der Waals surface area (Å²) in [5, 5.41) is 0.413. The van der Waals surface area contributed by atoms with Gasteiger partial charge in [-0.3, -0.25) is 0 Å². The number of fused-ring (bicyclic) bond motifs is 1. The van der Waals surface area contributed by atoms with Crippen LogP contribution in [-0.2, 0) is 6.54 Å². The largest absolute Gasteiger partial charge is 1.00 e. The minimum atomic E-state index is -0.338. The van der Waals surface area contributed by atoms with Gasteiger partial charge in [-0.05, 0) is 61.4 Å². The molecule has 0 unspecified atom stereocenters. The Kier molecular flexibility index (Phi) is 5.49. The van der Waals surface area contributed by atoms with E-state index in [0.717, 1.165) is 22.2 Å². The molecule has 0 N–H and O–H groups in total. The molecule has 4 rings (SSSR count). The van der Waals surface area contributed by atoms with Gasteiger partial charge in [-0.2, -0.15) is 4.57 Å². The number of rotatable bonds is 3. The van der Waals surface area contributed by atoms with Gasteiger partial charge < -0.3 is 16.8 Å². The van der Waals surface area contributed by atoms with E-state index in [0.29, 0.717) is 17.5 Å². The van der Waals surface area contributed by atoms with Crippen LogP contribution in [0.1, 0.15) is 16.7 Å². The predicted octanol–water partition coefficient (Wildman–Crippen LogP) is 2.24. The molecule has 0 radical (unpaired) electrons. The summed E-state index contributed by atoms with van der Waals surface area (Å²) in [6.45, 7) is 4.65. The van der Waals surface area contributed by atoms with E-state index in [4.69, 9.17) is 16.0 Å². The van der Waals surface area contributed by atoms with Crippen LogP contribution < -0.4 is 17.0 Å². The van der Waals surface area contributed by atoms with E-state index < -0.39 is 0 Å². The number of halogens is 3. The first-order valence-electron chi connectivity index (χ1n) is 8.31. The third-order valence-electron chi connectivity index (χ3n) is 4.48. The first-order valence-corrected chi connectivity index (χ1v) is 8.68. The van der Waals surface area contributed by atoms with Gasteiger partial charge in [-0.25, -0.2) is 9.37 Å². The lowest BCUT2D eigenvalue weighted by molar-refractivity contribution is -0.687. The smallest absolute Gasteiger partial charge is 0.233 e. The number of hydrogen-bond acceptors (Lipinski definition) is 2. The zero-order valence-corrected chi connectivity index (χ0v) is 16.4. The van der Waals surface area contributed by atoms with Crippen molar-refractivity contribution in [3.8, 4) is 11.5 Å². The molecule has 3 nitrogen and oxygen atoms in total. The molecular formula is C21H17Cl2FN2O. The summed E-state index contributed by atoms with van der Waals surface area (Å²) in [7, 11) is 0. The van der Waals surface area contributed by atoms with Crippen molar-refractivity contribution in [2.45, 2.75) is 20.4 Å². The van der Waals surface area contributed by atoms with Crippen molar-refractivity contribution in [1.29, 1.82) is 0 Å². The van der Waals surface area contributed by atoms with Crippen LogP contribution in [0.5, 0.6) is 0 Å². The van der Waals surface area contributed by atoms with Crippen molar-refractivity contribution in [2.75, 3.05) is 0 Å². The highest BCUT2D eigenvalue weighted by Crippen LogP contribution is 2.25. The van der Waals surface area contributed by atoms with Crippen molar-refractivity contribution in [3.05, 3.63) is 82.4 Å². The monoisotopic (exact) mass is 402 g/mol. The maximum absolute atomic E-state index is 13.2. The van der Waals surface area contributed by atoms with Gasteiger partial charge in [-0.1, -0.05) is 11.6 Å². The molecule has 0 saturated carbocycles. The fourth-order valence-electron chi connectivity index (χ4n) is 2.90. The number of hydrogen-bond donors (Lipinski definition) is 0. The zero-order valence-electron chi connectivity index (χ0n) is 14.8. The van der Waals surface area contributed by atoms with Gasteiger partial charge in [0, 0.05) is 11.6 Å². The Hall–Kier alpha value is -2.43. The number of aryl methyl sites for hydroxylation is 2. The highest BCUT2D eigenvalue weighted by Gasteiger charge is 2.14. The van der Waals surface area contributed by atoms with Crippen LogP contribution in [0.25, 0.3) is 22.6 Å². The second-order valence-electron chi connectivity index (χ2n) is 6.42. The molecule has 0 aliphatic heterocycles. The summed E-state index contributed by atoms with van der Waals surface area (Å²) in [5.41, 5.74) is 5.71. The molecule has 0 aliphatic carbocycles. The molecule has 2 heterocycles. The standard InChI is InChI=1S/C21H17ClFN2O.ClH/c1-13-8-19-20(9-14(13)2)26-21(24-19)16-4-3-7-25(12-16)11-15-5-6-17(23)10-18(15)22;/h3-10,12H,11H2,1-2H3;1H/q+1;/p-1. The molecule has 6 heteroatoms. The lowest BCUT2D eigenvalue weighted by atomic mass is 10.1. The lowest BCUT2D eigenvalue weighted by Gasteiger charge is -2.02. The summed E-state index contributed by atoms with van der Waals surface area (Å²) >= 11 is 6.14. The summed E-state index contributed by atoms with van der Waals surface area (Å²) in [6, 6.07) is 12.4. The molecule has 0 fully saturated rings. The average molecular weight is 403 g/mol. The van der Waals surface area contributed by atoms with Gasteiger partial charge in [0.2, 0.25) is 5.89 Å². The van der Waals surface area contributed by atoms with Gasteiger partial charge in [0.05, 0.1) is 5.02 Å². The zero-order chi connectivity index (χ0) is 18.3. The molecular weight excluding hydrogens is 386 g/mol. The molecule has 0 saturated heterocycles. The fourth-order valence-corrected chi connectivity index (χ4v) is 3.12. The molecule has 0 atom stereocenters. The SMILES string of the molecule is Cc1cc2nc(-c3ccc[n+](Cc4ccc(F)cc4Cl)c3)oc2cc1C.[Cl-]. The summed E-state index contributed by atoms with van der Waals surface area (Å²) < 4.78 is 21.1. The second-order valence-corrected chi connectivity index (χ2v) is 6.83. The number of benzene rings is 2. The van der Waals surface area contributed by atoms with Crippen LogP contribution in [0.4, 0.5) is 4.39 Å². The molecule has 2 aromatic carbocycles. The highest BCUT2D eigenvalue weighted by molar-refractivity contribution is 6.31. The molecule has 4 aromatic rings. The summed E-state index contributed by atoms with van der Waals surface area (Å²) in [4.78, 5) is 4.61. The summed E-state index contributed by atoms with van der Waals surface area (Å²) in [5.74, 6) is 0.235. The van der Waals surface area contributed by atoms with E-state index in [2.05, 4.69) is 18.8 Å². The fraction of sp³-hybridized carbons (Fsp3) is 0.143. The van der Waals surface area contributed by atoms with Crippen molar-refractivity contribution in [2.24, 2.45) is 0 Å². The lowest BCUT2D eigenvalue weighted by Crippen LogP contribution is -3.00. The Morgan fingerprint density at radius 3 is 2.67 bits per heavy atom. The van der Waals surface area contributed by atoms with Crippen molar-refractivity contribution >= 4 is 22.7 Å². The van der Waals surface area contributed by atoms with Crippen molar-refractivity contribution in [3.63, 3.8) is 0 Å². The average Bonchev–Trinajstić information content (AvgIpc) is 3.01. The highest BCUT2D eigenvalue weighted by atomic mass is 35.5. The van der Waals surface area contributed by atoms with Gasteiger partial charge in [0.25, 0.3) is 0 Å². The van der Waals surface area contributed by atoms with Crippen LogP contribution in [0.15, 0.2) is 59.3 Å². The molecule has 27 heavy (non-hydrogen) atoms. The molecule has 0 bridgehead atoms. The van der Waals surface area contributed by atoms with E-state index in [-0.39, 0.29) is 18.2 Å². The Bertz CT molecular complexity index is 1090. The van der Waals surface area contributed by atoms with Crippen LogP contribution in [0.3, 0.4) is 0 Å². The number of aromatic nitrogens is 2. The second kappa shape index (κ2) is 7.67. The van der Waals surface area contributed by atoms with Gasteiger partial charge in [0.15, 0.2) is 24.5 Å². The molecule has 0 spiro atoms. The normalized spacial score (nSPS) is 10.8. The van der Waals surface area contributed by atoms with Crippen LogP contribution >= 0.6 is 11.6 Å². The topological polar surface area (TPSA) is 29.9 Å². The first kappa shape index (κ1) is 19.3. The molecule has 2 aromatic heterocycles. The molecule has 0 aliphatic rings. The molecule has 138 valence electrons. The van der Waals surface area contributed by atoms with Crippen LogP contribution in [0.2, 0.25) is 5.02 Å². The predicted molar refractivity (Wildman–Crippen MR) is 99.6 cm³/mol. The number of nitrogens with zero attached hydrogens (tertiary/aromatic N) is 2. The Morgan fingerprint density at radius 2 is 1.89 bits per heavy atom. The minimum Gasteiger partial charge on any atom is -1.00 e. The first-order chi connectivity index (χ1) is 12.5. The Labute approximate surface area is 167 Å². The van der Waals surface area contributed by atoms with Gasteiger partial charge in [-0.15, -0.1) is 0 Å². The Balaban J connectivity index is 0.00000210. The molecule has 0 amide bonds. The van der Waals surface area contributed by atoms with Crippen molar-refractivity contribution in [1.82, 2.24) is 4.98 Å². The van der Waals surface area contributed by atoms with E-state index in [1.54, 1.807) is 6.07 Å². The summed E-state index contributed by atoms with van der Waals surface area (Å²) in [6.07, 6.45) is 3.88. The van der Waals surface area contributed by atoms with Gasteiger partial charge in [0.1, 0.15) is 16.9 Å². The maximum Gasteiger partial charge on any atom is 0.233 e. The third-order valence-corrected chi connectivity index (χ3v) is 4.83. The van der Waals surface area contributed by atoms with Gasteiger partial charge >= 0.3 is 0 Å². The van der Waals surface area contributed by atoms with E-state index in [1.807, 2.05) is 41.2 Å². The van der Waals surface area contributed by atoms with E-state index in [1.165, 1.54) is 23.3 Å². The van der Waals surface area contributed by atoms with E-state index in [9.17, 15) is 4.39 Å². The van der Waals surface area contributed by atoms with Crippen molar-refractivity contribution < 1.29 is 25.8 Å². The number of oxazole rings is 1. The van der Waals surface area contributed by atoms with Crippen LogP contribution in [-0.4, -0.2) is 4.98 Å². The Morgan fingerprint density at radius 1 is 1.11 bits per heavy atom. The minimum absolute atomic E-state index is 0. The van der Waals surface area contributed by atoms with Crippen LogP contribution in [0, 0.1) is 19.7 Å². The maximum atomic E-state index is 13.2. The van der Waals surface area contributed by atoms with E-state index >= 15 is 0 Å². The number of pyridine rings is 1. The quantitative estimate of drug-likeness (QED) is 0.492.